The Kier molecular flexibility index (Phi) is 4.12. The molecule has 1 aliphatic heterocycles. The van der Waals surface area contributed by atoms with E-state index in [4.69, 9.17) is 0 Å². The number of carbonyl (C=O) groups excluding carboxylic acids is 1. The van der Waals surface area contributed by atoms with Gasteiger partial charge in [0.1, 0.15) is 0 Å². The topological polar surface area (TPSA) is 59.0 Å². The first-order chi connectivity index (χ1) is 10.9. The normalized spacial score (nSPS) is 21.1. The SMILES string of the molecule is CC(NC(=O)C1CC(F)(F)CN1)c1ccc(-n2cccn2)cc1. The number of halogens is 2. The van der Waals surface area contributed by atoms with Gasteiger partial charge in [-0.25, -0.2) is 13.5 Å². The van der Waals surface area contributed by atoms with Crippen LogP contribution in [-0.4, -0.2) is 34.2 Å². The lowest BCUT2D eigenvalue weighted by atomic mass is 10.1. The summed E-state index contributed by atoms with van der Waals surface area (Å²) in [6, 6.07) is 8.30. The van der Waals surface area contributed by atoms with Crippen LogP contribution in [0.15, 0.2) is 42.7 Å². The summed E-state index contributed by atoms with van der Waals surface area (Å²) in [5, 5.41) is 9.47. The van der Waals surface area contributed by atoms with Crippen molar-refractivity contribution in [3.05, 3.63) is 48.3 Å². The number of aromatic nitrogens is 2. The summed E-state index contributed by atoms with van der Waals surface area (Å²) >= 11 is 0. The minimum atomic E-state index is -2.81. The highest BCUT2D eigenvalue weighted by Gasteiger charge is 2.42. The third kappa shape index (κ3) is 3.56. The zero-order valence-electron chi connectivity index (χ0n) is 12.7. The van der Waals surface area contributed by atoms with Gasteiger partial charge in [-0.1, -0.05) is 12.1 Å². The Morgan fingerprint density at radius 3 is 2.74 bits per heavy atom. The van der Waals surface area contributed by atoms with Gasteiger partial charge in [-0.2, -0.15) is 5.10 Å². The first-order valence-electron chi connectivity index (χ1n) is 7.46. The molecule has 7 heteroatoms. The number of alkyl halides is 2. The maximum atomic E-state index is 13.1. The standard InChI is InChI=1S/C16H18F2N4O/c1-11(21-15(23)14-9-16(17,18)10-19-14)12-3-5-13(6-4-12)22-8-2-7-20-22/h2-8,11,14,19H,9-10H2,1H3,(H,21,23). The number of hydrogen-bond acceptors (Lipinski definition) is 3. The second kappa shape index (κ2) is 6.08. The number of amides is 1. The molecule has 1 amide bonds. The molecule has 0 spiro atoms. The summed E-state index contributed by atoms with van der Waals surface area (Å²) in [6.45, 7) is 1.38. The van der Waals surface area contributed by atoms with Crippen molar-refractivity contribution in [3.8, 4) is 5.69 Å². The van der Waals surface area contributed by atoms with Gasteiger partial charge in [0.25, 0.3) is 5.92 Å². The molecule has 23 heavy (non-hydrogen) atoms. The van der Waals surface area contributed by atoms with Gasteiger partial charge in [0.05, 0.1) is 24.3 Å². The van der Waals surface area contributed by atoms with Gasteiger partial charge in [0, 0.05) is 18.8 Å². The van der Waals surface area contributed by atoms with Gasteiger partial charge in [0.15, 0.2) is 0 Å². The van der Waals surface area contributed by atoms with E-state index in [0.29, 0.717) is 0 Å². The number of nitrogens with one attached hydrogen (secondary N) is 2. The Bertz CT molecular complexity index is 670. The third-order valence-electron chi connectivity index (χ3n) is 3.95. The van der Waals surface area contributed by atoms with Gasteiger partial charge >= 0.3 is 0 Å². The molecule has 0 bridgehead atoms. The van der Waals surface area contributed by atoms with Crippen molar-refractivity contribution >= 4 is 5.91 Å². The average molecular weight is 320 g/mol. The molecule has 5 nitrogen and oxygen atoms in total. The van der Waals surface area contributed by atoms with Crippen LogP contribution in [0.25, 0.3) is 5.69 Å². The fourth-order valence-electron chi connectivity index (χ4n) is 2.64. The van der Waals surface area contributed by atoms with Gasteiger partial charge in [-0.3, -0.25) is 10.1 Å². The second-order valence-electron chi connectivity index (χ2n) is 5.77. The second-order valence-corrected chi connectivity index (χ2v) is 5.77. The van der Waals surface area contributed by atoms with Crippen LogP contribution in [0.1, 0.15) is 24.9 Å². The molecule has 1 aromatic heterocycles. The molecule has 2 heterocycles. The Balaban J connectivity index is 1.62. The van der Waals surface area contributed by atoms with Crippen molar-refractivity contribution in [3.63, 3.8) is 0 Å². The van der Waals surface area contributed by atoms with E-state index < -0.39 is 30.8 Å². The first-order valence-corrected chi connectivity index (χ1v) is 7.46. The van der Waals surface area contributed by atoms with Crippen LogP contribution in [0.2, 0.25) is 0 Å². The number of hydrogen-bond donors (Lipinski definition) is 2. The van der Waals surface area contributed by atoms with Gasteiger partial charge in [-0.15, -0.1) is 0 Å². The lowest BCUT2D eigenvalue weighted by molar-refractivity contribution is -0.124. The highest BCUT2D eigenvalue weighted by atomic mass is 19.3. The van der Waals surface area contributed by atoms with E-state index in [0.717, 1.165) is 11.3 Å². The largest absolute Gasteiger partial charge is 0.348 e. The monoisotopic (exact) mass is 320 g/mol. The van der Waals surface area contributed by atoms with E-state index >= 15 is 0 Å². The van der Waals surface area contributed by atoms with Crippen LogP contribution >= 0.6 is 0 Å². The molecule has 1 aromatic carbocycles. The summed E-state index contributed by atoms with van der Waals surface area (Å²) in [4.78, 5) is 12.0. The minimum absolute atomic E-state index is 0.259. The molecular weight excluding hydrogens is 302 g/mol. The van der Waals surface area contributed by atoms with Crippen molar-refractivity contribution in [2.75, 3.05) is 6.54 Å². The number of nitrogens with zero attached hydrogens (tertiary/aromatic N) is 2. The van der Waals surface area contributed by atoms with Crippen molar-refractivity contribution in [2.45, 2.75) is 31.4 Å². The van der Waals surface area contributed by atoms with E-state index in [1.54, 1.807) is 10.9 Å². The number of rotatable bonds is 4. The van der Waals surface area contributed by atoms with Gasteiger partial charge in [0.2, 0.25) is 5.91 Å². The van der Waals surface area contributed by atoms with E-state index in [9.17, 15) is 13.6 Å². The Morgan fingerprint density at radius 2 is 2.17 bits per heavy atom. The number of carbonyl (C=O) groups is 1. The zero-order valence-corrected chi connectivity index (χ0v) is 12.7. The quantitative estimate of drug-likeness (QED) is 0.906. The summed E-state index contributed by atoms with van der Waals surface area (Å²) < 4.78 is 28.0. The lowest BCUT2D eigenvalue weighted by Gasteiger charge is -2.18. The smallest absolute Gasteiger partial charge is 0.262 e. The Morgan fingerprint density at radius 1 is 1.43 bits per heavy atom. The summed E-state index contributed by atoms with van der Waals surface area (Å²) in [5.74, 6) is -3.21. The van der Waals surface area contributed by atoms with Gasteiger partial charge in [-0.05, 0) is 30.7 Å². The van der Waals surface area contributed by atoms with E-state index in [2.05, 4.69) is 15.7 Å². The average Bonchev–Trinajstić information content (AvgIpc) is 3.16. The van der Waals surface area contributed by atoms with Crippen LogP contribution in [-0.2, 0) is 4.79 Å². The summed E-state index contributed by atoms with van der Waals surface area (Å²) in [7, 11) is 0. The van der Waals surface area contributed by atoms with E-state index in [-0.39, 0.29) is 6.04 Å². The fourth-order valence-corrected chi connectivity index (χ4v) is 2.64. The highest BCUT2D eigenvalue weighted by Crippen LogP contribution is 2.25. The third-order valence-corrected chi connectivity index (χ3v) is 3.95. The molecule has 1 aliphatic rings. The Labute approximate surface area is 132 Å². The Hall–Kier alpha value is -2.28. The maximum Gasteiger partial charge on any atom is 0.262 e. The molecule has 3 rings (SSSR count). The predicted octanol–water partition coefficient (Wildman–Crippen LogP) is 2.05. The fraction of sp³-hybridized carbons (Fsp3) is 0.375. The van der Waals surface area contributed by atoms with Crippen molar-refractivity contribution < 1.29 is 13.6 Å². The van der Waals surface area contributed by atoms with E-state index in [1.165, 1.54) is 0 Å². The molecule has 2 atom stereocenters. The number of benzene rings is 1. The summed E-state index contributed by atoms with van der Waals surface area (Å²) in [6.07, 6.45) is 3.08. The molecular formula is C16H18F2N4O. The summed E-state index contributed by atoms with van der Waals surface area (Å²) in [5.41, 5.74) is 1.81. The van der Waals surface area contributed by atoms with Crippen molar-refractivity contribution in [2.24, 2.45) is 0 Å². The van der Waals surface area contributed by atoms with E-state index in [1.807, 2.05) is 43.5 Å². The van der Waals surface area contributed by atoms with Crippen molar-refractivity contribution in [1.82, 2.24) is 20.4 Å². The molecule has 122 valence electrons. The predicted molar refractivity (Wildman–Crippen MR) is 81.5 cm³/mol. The molecule has 2 unspecified atom stereocenters. The molecule has 2 aromatic rings. The molecule has 0 saturated carbocycles. The van der Waals surface area contributed by atoms with Crippen LogP contribution in [0.3, 0.4) is 0 Å². The van der Waals surface area contributed by atoms with Crippen LogP contribution in [0.4, 0.5) is 8.78 Å². The minimum Gasteiger partial charge on any atom is -0.348 e. The zero-order chi connectivity index (χ0) is 16.4. The van der Waals surface area contributed by atoms with Crippen LogP contribution in [0.5, 0.6) is 0 Å². The highest BCUT2D eigenvalue weighted by molar-refractivity contribution is 5.82. The van der Waals surface area contributed by atoms with Crippen molar-refractivity contribution in [1.29, 1.82) is 0 Å². The van der Waals surface area contributed by atoms with Crippen LogP contribution < -0.4 is 10.6 Å². The first kappa shape index (κ1) is 15.6. The molecule has 0 aliphatic carbocycles. The lowest BCUT2D eigenvalue weighted by Crippen LogP contribution is -2.41. The van der Waals surface area contributed by atoms with Gasteiger partial charge < -0.3 is 5.32 Å². The molecule has 1 saturated heterocycles. The molecule has 2 N–H and O–H groups in total. The van der Waals surface area contributed by atoms with Crippen LogP contribution in [0, 0.1) is 0 Å². The molecule has 1 fully saturated rings. The molecule has 0 radical (unpaired) electrons. The maximum absolute atomic E-state index is 13.1.